The van der Waals surface area contributed by atoms with E-state index in [1.165, 1.54) is 9.21 Å². The molecule has 7 nitrogen and oxygen atoms in total. The quantitative estimate of drug-likeness (QED) is 0.497. The van der Waals surface area contributed by atoms with Gasteiger partial charge >= 0.3 is 0 Å². The third-order valence-corrected chi connectivity index (χ3v) is 7.00. The van der Waals surface area contributed by atoms with Gasteiger partial charge in [0.1, 0.15) is 6.04 Å². The van der Waals surface area contributed by atoms with Crippen molar-refractivity contribution in [3.63, 3.8) is 0 Å². The normalized spacial score (nSPS) is 12.7. The summed E-state index contributed by atoms with van der Waals surface area (Å²) < 4.78 is 26.1. The number of hydrogen-bond donors (Lipinski definition) is 1. The lowest BCUT2D eigenvalue weighted by atomic mass is 10.1. The third kappa shape index (κ3) is 8.85. The number of sulfonamides is 1. The molecule has 35 heavy (non-hydrogen) atoms. The molecule has 0 aliphatic carbocycles. The molecule has 9 heteroatoms. The Balaban J connectivity index is 2.19. The lowest BCUT2D eigenvalue weighted by molar-refractivity contribution is -0.141. The van der Waals surface area contributed by atoms with Crippen LogP contribution in [0.5, 0.6) is 0 Å². The lowest BCUT2D eigenvalue weighted by Crippen LogP contribution is -2.52. The van der Waals surface area contributed by atoms with Gasteiger partial charge < -0.3 is 10.2 Å². The van der Waals surface area contributed by atoms with Crippen molar-refractivity contribution in [1.29, 1.82) is 0 Å². The zero-order valence-electron chi connectivity index (χ0n) is 21.3. The van der Waals surface area contributed by atoms with Crippen molar-refractivity contribution >= 4 is 39.1 Å². The highest BCUT2D eigenvalue weighted by molar-refractivity contribution is 7.92. The molecule has 2 rings (SSSR count). The monoisotopic (exact) mass is 521 g/mol. The van der Waals surface area contributed by atoms with Crippen molar-refractivity contribution in [3.8, 4) is 0 Å². The minimum Gasteiger partial charge on any atom is -0.350 e. The van der Waals surface area contributed by atoms with E-state index in [0.29, 0.717) is 17.1 Å². The largest absolute Gasteiger partial charge is 0.350 e. The molecule has 0 saturated heterocycles. The third-order valence-electron chi connectivity index (χ3n) is 5.44. The second-order valence-corrected chi connectivity index (χ2v) is 12.1. The van der Waals surface area contributed by atoms with Crippen molar-refractivity contribution in [2.24, 2.45) is 0 Å². The average Bonchev–Trinajstić information content (AvgIpc) is 2.74. The van der Waals surface area contributed by atoms with Crippen LogP contribution in [0.2, 0.25) is 5.02 Å². The summed E-state index contributed by atoms with van der Waals surface area (Å²) in [5, 5.41) is 3.43. The molecule has 0 aliphatic rings. The first-order chi connectivity index (χ1) is 16.2. The number of hydrogen-bond acceptors (Lipinski definition) is 4. The van der Waals surface area contributed by atoms with Gasteiger partial charge in [-0.25, -0.2) is 8.42 Å². The first kappa shape index (κ1) is 28.7. The van der Waals surface area contributed by atoms with E-state index in [2.05, 4.69) is 5.32 Å². The molecule has 0 aromatic heterocycles. The number of carbonyl (C=O) groups excluding carboxylic acids is 2. The molecule has 0 spiro atoms. The maximum Gasteiger partial charge on any atom is 0.242 e. The van der Waals surface area contributed by atoms with Crippen molar-refractivity contribution in [2.75, 3.05) is 17.1 Å². The number of amides is 2. The second-order valence-electron chi connectivity index (χ2n) is 9.80. The molecule has 2 aromatic rings. The highest BCUT2D eigenvalue weighted by Crippen LogP contribution is 2.22. The molecule has 0 heterocycles. The maximum absolute atomic E-state index is 13.3. The van der Waals surface area contributed by atoms with E-state index in [4.69, 9.17) is 11.6 Å². The summed E-state index contributed by atoms with van der Waals surface area (Å²) in [5.41, 5.74) is 1.86. The predicted molar refractivity (Wildman–Crippen MR) is 142 cm³/mol. The summed E-state index contributed by atoms with van der Waals surface area (Å²) in [6.45, 7) is 9.57. The van der Waals surface area contributed by atoms with Gasteiger partial charge in [-0.3, -0.25) is 13.9 Å². The van der Waals surface area contributed by atoms with Crippen LogP contribution in [-0.4, -0.2) is 49.5 Å². The number of benzene rings is 2. The van der Waals surface area contributed by atoms with Crippen LogP contribution in [0.1, 0.15) is 51.7 Å². The smallest absolute Gasteiger partial charge is 0.242 e. The van der Waals surface area contributed by atoms with Gasteiger partial charge in [0.2, 0.25) is 21.8 Å². The Bertz CT molecular complexity index is 1130. The van der Waals surface area contributed by atoms with E-state index in [9.17, 15) is 18.0 Å². The Hall–Kier alpha value is -2.58. The summed E-state index contributed by atoms with van der Waals surface area (Å²) in [6.07, 6.45) is 1.53. The number of halogens is 1. The van der Waals surface area contributed by atoms with E-state index >= 15 is 0 Å². The lowest BCUT2D eigenvalue weighted by Gasteiger charge is -2.32. The number of aryl methyl sites for hydroxylation is 1. The fourth-order valence-corrected chi connectivity index (χ4v) is 4.74. The summed E-state index contributed by atoms with van der Waals surface area (Å²) in [6, 6.07) is 13.7. The molecular formula is C26H36ClN3O4S. The van der Waals surface area contributed by atoms with Gasteiger partial charge in [-0.05, 0) is 64.8 Å². The summed E-state index contributed by atoms with van der Waals surface area (Å²) in [5.74, 6) is -0.519. The summed E-state index contributed by atoms with van der Waals surface area (Å²) >= 11 is 6.33. The van der Waals surface area contributed by atoms with Gasteiger partial charge in [0.05, 0.1) is 11.9 Å². The van der Waals surface area contributed by atoms with Crippen LogP contribution in [0.4, 0.5) is 5.69 Å². The van der Waals surface area contributed by atoms with E-state index in [-0.39, 0.29) is 31.3 Å². The zero-order chi connectivity index (χ0) is 26.4. The van der Waals surface area contributed by atoms with Gasteiger partial charge in [0.25, 0.3) is 0 Å². The number of carbonyl (C=O) groups is 2. The molecule has 1 N–H and O–H groups in total. The average molecular weight is 522 g/mol. The standard InChI is InChI=1S/C26H36ClN3O4S/c1-19-13-15-22(16-14-19)30(35(6,33)34)17-9-12-24(31)29(18-21-10-7-8-11-23(21)27)20(2)25(32)28-26(3,4)5/h7-8,10-11,13-16,20H,9,12,17-18H2,1-6H3,(H,28,32)/t20-/m0/s1. The number of nitrogens with one attached hydrogen (secondary N) is 1. The van der Waals surface area contributed by atoms with Gasteiger partial charge in [0.15, 0.2) is 0 Å². The molecule has 2 aromatic carbocycles. The van der Waals surface area contributed by atoms with Crippen LogP contribution < -0.4 is 9.62 Å². The highest BCUT2D eigenvalue weighted by Gasteiger charge is 2.29. The first-order valence-electron chi connectivity index (χ1n) is 11.6. The van der Waals surface area contributed by atoms with Crippen molar-refractivity contribution in [3.05, 3.63) is 64.7 Å². The Labute approximate surface area is 214 Å². The Morgan fingerprint density at radius 2 is 1.66 bits per heavy atom. The Morgan fingerprint density at radius 3 is 2.20 bits per heavy atom. The number of rotatable bonds is 10. The Kier molecular flexibility index (Phi) is 9.75. The Morgan fingerprint density at radius 1 is 1.06 bits per heavy atom. The molecule has 1 atom stereocenters. The van der Waals surface area contributed by atoms with Gasteiger partial charge in [-0.15, -0.1) is 0 Å². The summed E-state index contributed by atoms with van der Waals surface area (Å²) in [7, 11) is -3.53. The zero-order valence-corrected chi connectivity index (χ0v) is 22.9. The van der Waals surface area contributed by atoms with Crippen molar-refractivity contribution < 1.29 is 18.0 Å². The van der Waals surface area contributed by atoms with Crippen LogP contribution in [0, 0.1) is 6.92 Å². The van der Waals surface area contributed by atoms with Gasteiger partial charge in [-0.1, -0.05) is 47.5 Å². The first-order valence-corrected chi connectivity index (χ1v) is 13.8. The molecule has 0 unspecified atom stereocenters. The minimum absolute atomic E-state index is 0.0788. The van der Waals surface area contributed by atoms with Crippen molar-refractivity contribution in [1.82, 2.24) is 10.2 Å². The molecule has 0 aliphatic heterocycles. The van der Waals surface area contributed by atoms with Crippen molar-refractivity contribution in [2.45, 2.75) is 65.6 Å². The second kappa shape index (κ2) is 11.9. The van der Waals surface area contributed by atoms with E-state index in [0.717, 1.165) is 17.4 Å². The molecule has 0 saturated carbocycles. The molecule has 2 amide bonds. The topological polar surface area (TPSA) is 86.8 Å². The number of anilines is 1. The van der Waals surface area contributed by atoms with Crippen LogP contribution in [-0.2, 0) is 26.2 Å². The van der Waals surface area contributed by atoms with E-state index < -0.39 is 21.6 Å². The van der Waals surface area contributed by atoms with Crippen LogP contribution >= 0.6 is 11.6 Å². The van der Waals surface area contributed by atoms with Crippen LogP contribution in [0.3, 0.4) is 0 Å². The van der Waals surface area contributed by atoms with E-state index in [1.54, 1.807) is 31.2 Å². The van der Waals surface area contributed by atoms with Gasteiger partial charge in [0, 0.05) is 30.1 Å². The van der Waals surface area contributed by atoms with Crippen LogP contribution in [0.25, 0.3) is 0 Å². The van der Waals surface area contributed by atoms with E-state index in [1.807, 2.05) is 52.0 Å². The number of nitrogens with zero attached hydrogens (tertiary/aromatic N) is 2. The molecule has 0 bridgehead atoms. The van der Waals surface area contributed by atoms with Gasteiger partial charge in [-0.2, -0.15) is 0 Å². The minimum atomic E-state index is -3.53. The predicted octanol–water partition coefficient (Wildman–Crippen LogP) is 4.53. The fraction of sp³-hybridized carbons (Fsp3) is 0.462. The maximum atomic E-state index is 13.3. The summed E-state index contributed by atoms with van der Waals surface area (Å²) in [4.78, 5) is 27.7. The molecule has 0 radical (unpaired) electrons. The highest BCUT2D eigenvalue weighted by atomic mass is 35.5. The molecule has 0 fully saturated rings. The van der Waals surface area contributed by atoms with Crippen LogP contribution in [0.15, 0.2) is 48.5 Å². The molecule has 192 valence electrons. The SMILES string of the molecule is Cc1ccc(N(CCCC(=O)N(Cc2ccccc2Cl)[C@@H](C)C(=O)NC(C)(C)C)S(C)(=O)=O)cc1. The molecular weight excluding hydrogens is 486 g/mol. The fourth-order valence-electron chi connectivity index (χ4n) is 3.58.